The molecule has 1 aliphatic heterocycles. The summed E-state index contributed by atoms with van der Waals surface area (Å²) in [6.45, 7) is 6.16. The summed E-state index contributed by atoms with van der Waals surface area (Å²) in [4.78, 5) is 2.21. The summed E-state index contributed by atoms with van der Waals surface area (Å²) in [5, 5.41) is 23.4. The third-order valence-corrected chi connectivity index (χ3v) is 4.71. The van der Waals surface area contributed by atoms with Crippen molar-refractivity contribution in [2.24, 2.45) is 10.8 Å². The summed E-state index contributed by atoms with van der Waals surface area (Å²) >= 11 is 0. The summed E-state index contributed by atoms with van der Waals surface area (Å²) in [6, 6.07) is 0. The molecule has 0 spiro atoms. The maximum absolute atomic E-state index is 12.3. The Morgan fingerprint density at radius 1 is 1.25 bits per heavy atom. The second-order valence-electron chi connectivity index (χ2n) is 6.38. The van der Waals surface area contributed by atoms with Crippen LogP contribution in [0.25, 0.3) is 0 Å². The Labute approximate surface area is 119 Å². The van der Waals surface area contributed by atoms with Crippen molar-refractivity contribution in [2.75, 3.05) is 33.0 Å². The Bertz CT molecular complexity index is 435. The number of hydrogen-bond acceptors (Lipinski definition) is 4. The van der Waals surface area contributed by atoms with Gasteiger partial charge in [-0.25, -0.2) is 4.39 Å². The minimum absolute atomic E-state index is 0.0572. The molecule has 5 nitrogen and oxygen atoms in total. The van der Waals surface area contributed by atoms with Crippen LogP contribution in [-0.2, 0) is 13.1 Å². The fourth-order valence-corrected chi connectivity index (χ4v) is 2.97. The van der Waals surface area contributed by atoms with Crippen molar-refractivity contribution in [2.45, 2.75) is 26.9 Å². The van der Waals surface area contributed by atoms with Crippen molar-refractivity contribution in [3.05, 3.63) is 18.0 Å². The lowest BCUT2D eigenvalue weighted by atomic mass is 9.69. The molecule has 2 rings (SSSR count). The average molecular weight is 285 g/mol. The van der Waals surface area contributed by atoms with E-state index in [-0.39, 0.29) is 30.6 Å². The quantitative estimate of drug-likeness (QED) is 0.806. The summed E-state index contributed by atoms with van der Waals surface area (Å²) in [7, 11) is 0. The fourth-order valence-electron chi connectivity index (χ4n) is 2.97. The molecule has 20 heavy (non-hydrogen) atoms. The van der Waals surface area contributed by atoms with E-state index < -0.39 is 6.67 Å². The van der Waals surface area contributed by atoms with Crippen LogP contribution in [0.5, 0.6) is 0 Å². The van der Waals surface area contributed by atoms with Gasteiger partial charge < -0.3 is 10.2 Å². The van der Waals surface area contributed by atoms with Gasteiger partial charge in [-0.15, -0.1) is 0 Å². The molecular weight excluding hydrogens is 261 g/mol. The van der Waals surface area contributed by atoms with E-state index in [9.17, 15) is 14.6 Å². The van der Waals surface area contributed by atoms with Crippen LogP contribution < -0.4 is 0 Å². The van der Waals surface area contributed by atoms with Crippen molar-refractivity contribution in [3.8, 4) is 0 Å². The van der Waals surface area contributed by atoms with E-state index >= 15 is 0 Å². The number of alkyl halides is 1. The highest BCUT2D eigenvalue weighted by atomic mass is 19.1. The van der Waals surface area contributed by atoms with Crippen LogP contribution in [0.4, 0.5) is 4.39 Å². The molecular formula is C14H24FN3O2. The van der Waals surface area contributed by atoms with Gasteiger partial charge in [0, 0.05) is 42.2 Å². The molecule has 0 amide bonds. The van der Waals surface area contributed by atoms with Gasteiger partial charge in [-0.1, -0.05) is 13.8 Å². The second kappa shape index (κ2) is 5.79. The smallest absolute Gasteiger partial charge is 0.109 e. The molecule has 1 aliphatic rings. The van der Waals surface area contributed by atoms with Gasteiger partial charge in [0.2, 0.25) is 0 Å². The predicted octanol–water partition coefficient (Wildman–Crippen LogP) is 0.665. The largest absolute Gasteiger partial charge is 0.396 e. The lowest BCUT2D eigenvalue weighted by Crippen LogP contribution is -2.41. The Morgan fingerprint density at radius 3 is 2.35 bits per heavy atom. The molecule has 1 aromatic heterocycles. The van der Waals surface area contributed by atoms with Crippen LogP contribution in [0, 0.1) is 10.8 Å². The van der Waals surface area contributed by atoms with Crippen LogP contribution in [0.15, 0.2) is 12.4 Å². The normalized spacial score (nSPS) is 31.1. The number of aromatic nitrogens is 2. The van der Waals surface area contributed by atoms with E-state index in [4.69, 9.17) is 0 Å². The number of nitrogens with zero attached hydrogens (tertiary/aromatic N) is 3. The maximum atomic E-state index is 12.3. The Kier molecular flexibility index (Phi) is 4.46. The van der Waals surface area contributed by atoms with Crippen molar-refractivity contribution >= 4 is 0 Å². The minimum atomic E-state index is -0.421. The molecule has 6 heteroatoms. The van der Waals surface area contributed by atoms with Crippen molar-refractivity contribution in [3.63, 3.8) is 0 Å². The van der Waals surface area contributed by atoms with E-state index in [0.717, 1.165) is 18.7 Å². The van der Waals surface area contributed by atoms with Crippen LogP contribution in [0.2, 0.25) is 0 Å². The highest BCUT2D eigenvalue weighted by Crippen LogP contribution is 2.45. The van der Waals surface area contributed by atoms with E-state index in [2.05, 4.69) is 10.00 Å². The lowest BCUT2D eigenvalue weighted by Gasteiger charge is -2.36. The van der Waals surface area contributed by atoms with Crippen LogP contribution >= 0.6 is 0 Å². The second-order valence-corrected chi connectivity index (χ2v) is 6.38. The molecule has 1 aromatic rings. The van der Waals surface area contributed by atoms with Gasteiger partial charge in [-0.05, 0) is 0 Å². The van der Waals surface area contributed by atoms with Gasteiger partial charge in [-0.2, -0.15) is 5.10 Å². The van der Waals surface area contributed by atoms with Gasteiger partial charge in [0.05, 0.1) is 26.0 Å². The minimum Gasteiger partial charge on any atom is -0.396 e. The summed E-state index contributed by atoms with van der Waals surface area (Å²) in [5.41, 5.74) is 0.411. The number of aliphatic hydroxyl groups is 2. The van der Waals surface area contributed by atoms with Gasteiger partial charge in [0.15, 0.2) is 0 Å². The monoisotopic (exact) mass is 285 g/mol. The average Bonchev–Trinajstić information content (AvgIpc) is 2.95. The molecule has 0 aromatic carbocycles. The number of aryl methyl sites for hydroxylation is 1. The van der Waals surface area contributed by atoms with E-state index in [0.29, 0.717) is 6.54 Å². The molecule has 1 fully saturated rings. The summed E-state index contributed by atoms with van der Waals surface area (Å²) in [5.74, 6) is 0. The standard InChI is InChI=1S/C14H24FN3O2/c1-13(10-19)8-17(9-14(13,2)11-20)6-12-5-16-18(7-12)4-3-15/h5,7,19-20H,3-4,6,8-11H2,1-2H3/t13-,14+. The number of aliphatic hydroxyl groups excluding tert-OH is 2. The zero-order valence-corrected chi connectivity index (χ0v) is 12.2. The van der Waals surface area contributed by atoms with E-state index in [1.807, 2.05) is 20.0 Å². The molecule has 1 saturated heterocycles. The molecule has 0 radical (unpaired) electrons. The highest BCUT2D eigenvalue weighted by Gasteiger charge is 2.51. The third kappa shape index (κ3) is 2.73. The zero-order valence-electron chi connectivity index (χ0n) is 12.2. The van der Waals surface area contributed by atoms with Crippen molar-refractivity contribution in [1.82, 2.24) is 14.7 Å². The Morgan fingerprint density at radius 2 is 1.85 bits per heavy atom. The lowest BCUT2D eigenvalue weighted by molar-refractivity contribution is 0.00976. The molecule has 0 saturated carbocycles. The van der Waals surface area contributed by atoms with E-state index in [1.165, 1.54) is 0 Å². The number of likely N-dealkylation sites (tertiary alicyclic amines) is 1. The first-order valence-electron chi connectivity index (χ1n) is 6.98. The fraction of sp³-hybridized carbons (Fsp3) is 0.786. The first-order chi connectivity index (χ1) is 9.46. The van der Waals surface area contributed by atoms with Gasteiger partial charge >= 0.3 is 0 Å². The van der Waals surface area contributed by atoms with Crippen LogP contribution in [0.3, 0.4) is 0 Å². The van der Waals surface area contributed by atoms with Crippen molar-refractivity contribution < 1.29 is 14.6 Å². The molecule has 0 bridgehead atoms. The predicted molar refractivity (Wildman–Crippen MR) is 73.9 cm³/mol. The van der Waals surface area contributed by atoms with Gasteiger partial charge in [0.1, 0.15) is 6.67 Å². The molecule has 2 heterocycles. The number of rotatable bonds is 6. The summed E-state index contributed by atoms with van der Waals surface area (Å²) < 4.78 is 13.9. The Balaban J connectivity index is 2.04. The van der Waals surface area contributed by atoms with Gasteiger partial charge in [0.25, 0.3) is 0 Å². The highest BCUT2D eigenvalue weighted by molar-refractivity contribution is 5.08. The molecule has 2 N–H and O–H groups in total. The zero-order chi connectivity index (χ0) is 14.8. The SMILES string of the molecule is C[C@]1(CO)CN(Cc2cnn(CCF)c2)C[C@@]1(C)CO. The topological polar surface area (TPSA) is 61.5 Å². The first kappa shape index (κ1) is 15.4. The molecule has 114 valence electrons. The van der Waals surface area contributed by atoms with Crippen molar-refractivity contribution in [1.29, 1.82) is 0 Å². The molecule has 2 atom stereocenters. The number of halogens is 1. The van der Waals surface area contributed by atoms with Crippen LogP contribution in [-0.4, -0.2) is 57.9 Å². The Hall–Kier alpha value is -0.980. The molecule has 0 aliphatic carbocycles. The molecule has 0 unspecified atom stereocenters. The first-order valence-corrected chi connectivity index (χ1v) is 6.98. The number of hydrogen-bond donors (Lipinski definition) is 2. The van der Waals surface area contributed by atoms with Gasteiger partial charge in [-0.3, -0.25) is 9.58 Å². The third-order valence-electron chi connectivity index (χ3n) is 4.71. The van der Waals surface area contributed by atoms with Crippen LogP contribution in [0.1, 0.15) is 19.4 Å². The summed E-state index contributed by atoms with van der Waals surface area (Å²) in [6.07, 6.45) is 3.60. The maximum Gasteiger partial charge on any atom is 0.109 e. The van der Waals surface area contributed by atoms with E-state index in [1.54, 1.807) is 10.9 Å².